The molecule has 19 heteroatoms. The van der Waals surface area contributed by atoms with Crippen LogP contribution in [0.2, 0.25) is 0 Å². The molecule has 0 saturated carbocycles. The van der Waals surface area contributed by atoms with Gasteiger partial charge in [0, 0.05) is 19.3 Å². The van der Waals surface area contributed by atoms with E-state index in [1.54, 1.807) is 6.08 Å². The van der Waals surface area contributed by atoms with E-state index in [0.717, 1.165) is 141 Å². The van der Waals surface area contributed by atoms with Crippen molar-refractivity contribution in [1.29, 1.82) is 0 Å². The maximum absolute atomic E-state index is 13.1. The number of hydrogen-bond acceptors (Lipinski definition) is 15. The van der Waals surface area contributed by atoms with Crippen molar-refractivity contribution in [2.45, 2.75) is 329 Å². The van der Waals surface area contributed by atoms with Crippen molar-refractivity contribution >= 4 is 39.5 Å². The number of allylic oxidation sites excluding steroid dienone is 17. The van der Waals surface area contributed by atoms with E-state index in [9.17, 15) is 43.2 Å². The van der Waals surface area contributed by atoms with Crippen LogP contribution < -0.4 is 0 Å². The zero-order valence-corrected chi connectivity index (χ0v) is 63.2. The molecule has 564 valence electrons. The first-order valence-electron chi connectivity index (χ1n) is 38.1. The monoisotopic (exact) mass is 1420 g/mol. The molecule has 3 N–H and O–H groups in total. The minimum absolute atomic E-state index is 0.0584. The number of unbranched alkanes of at least 4 members (excludes halogenated alkanes) is 28. The molecule has 5 atom stereocenters. The van der Waals surface area contributed by atoms with Gasteiger partial charge in [-0.3, -0.25) is 37.3 Å². The Kier molecular flexibility index (Phi) is 68.0. The van der Waals surface area contributed by atoms with E-state index < -0.39 is 97.5 Å². The van der Waals surface area contributed by atoms with Gasteiger partial charge in [0.25, 0.3) is 0 Å². The largest absolute Gasteiger partial charge is 0.472 e. The number of ether oxygens (including phenoxy) is 4. The van der Waals surface area contributed by atoms with E-state index >= 15 is 0 Å². The first-order valence-corrected chi connectivity index (χ1v) is 41.1. The second-order valence-corrected chi connectivity index (χ2v) is 28.1. The molecule has 98 heavy (non-hydrogen) atoms. The van der Waals surface area contributed by atoms with Crippen LogP contribution >= 0.6 is 15.6 Å². The van der Waals surface area contributed by atoms with Crippen LogP contribution in [0.1, 0.15) is 310 Å². The van der Waals surface area contributed by atoms with E-state index in [2.05, 4.69) is 113 Å². The van der Waals surface area contributed by atoms with Gasteiger partial charge >= 0.3 is 39.5 Å². The molecule has 5 unspecified atom stereocenters. The first kappa shape index (κ1) is 93.7. The van der Waals surface area contributed by atoms with Crippen LogP contribution in [0.4, 0.5) is 0 Å². The van der Waals surface area contributed by atoms with Gasteiger partial charge in [-0.2, -0.15) is 0 Å². The Bertz CT molecular complexity index is 2290. The predicted octanol–water partition coefficient (Wildman–Crippen LogP) is 21.8. The lowest BCUT2D eigenvalue weighted by atomic mass is 10.0. The van der Waals surface area contributed by atoms with Crippen molar-refractivity contribution in [2.75, 3.05) is 39.6 Å². The summed E-state index contributed by atoms with van der Waals surface area (Å²) >= 11 is 0. The zero-order valence-electron chi connectivity index (χ0n) is 61.4. The number of phosphoric ester groups is 2. The summed E-state index contributed by atoms with van der Waals surface area (Å²) in [6.07, 6.45) is 75.3. The van der Waals surface area contributed by atoms with Crippen molar-refractivity contribution in [3.05, 3.63) is 109 Å². The normalized spacial score (nSPS) is 14.6. The Morgan fingerprint density at radius 1 is 0.306 bits per heavy atom. The molecule has 0 aromatic heterocycles. The molecular formula is C79H136O17P2. The van der Waals surface area contributed by atoms with Gasteiger partial charge in [-0.1, -0.05) is 278 Å². The molecule has 0 aliphatic carbocycles. The Hall–Kier alpha value is -4.28. The fourth-order valence-corrected chi connectivity index (χ4v) is 11.5. The van der Waals surface area contributed by atoms with Crippen LogP contribution in [-0.2, 0) is 65.4 Å². The lowest BCUT2D eigenvalue weighted by Crippen LogP contribution is -2.30. The molecule has 0 aliphatic rings. The summed E-state index contributed by atoms with van der Waals surface area (Å²) in [5.41, 5.74) is 0. The minimum Gasteiger partial charge on any atom is -0.462 e. The molecule has 0 rings (SSSR count). The van der Waals surface area contributed by atoms with Gasteiger partial charge in [0.2, 0.25) is 0 Å². The number of rotatable bonds is 71. The highest BCUT2D eigenvalue weighted by atomic mass is 31.2. The van der Waals surface area contributed by atoms with Gasteiger partial charge in [0.1, 0.15) is 19.3 Å². The summed E-state index contributed by atoms with van der Waals surface area (Å²) in [4.78, 5) is 72.8. The van der Waals surface area contributed by atoms with E-state index in [1.807, 2.05) is 18.2 Å². The fourth-order valence-electron chi connectivity index (χ4n) is 9.94. The highest BCUT2D eigenvalue weighted by Crippen LogP contribution is 2.45. The molecule has 0 heterocycles. The quantitative estimate of drug-likeness (QED) is 0.0169. The van der Waals surface area contributed by atoms with Crippen molar-refractivity contribution in [3.8, 4) is 0 Å². The van der Waals surface area contributed by atoms with Crippen LogP contribution in [0.3, 0.4) is 0 Å². The lowest BCUT2D eigenvalue weighted by molar-refractivity contribution is -0.161. The van der Waals surface area contributed by atoms with Crippen molar-refractivity contribution in [1.82, 2.24) is 0 Å². The maximum atomic E-state index is 13.1. The van der Waals surface area contributed by atoms with E-state index in [4.69, 9.17) is 37.0 Å². The van der Waals surface area contributed by atoms with E-state index in [0.29, 0.717) is 25.7 Å². The standard InChI is InChI=1S/C79H136O17P2/c1-5-9-13-17-21-25-29-33-36-40-43-47-51-55-59-63-76(81)89-69-74(95-78(83)65-61-57-53-49-45-39-32-28-24-20-16-12-8-4)71-93-97(85,86)91-67-73(80)68-92-98(87,88)94-72-75(96-79(84)66-62-58-54-50-46-42-38-35-31-27-23-19-15-11-7-3)70-90-77(82)64-60-56-52-48-44-41-37-34-30-26-22-18-14-10-6-2/h10,14,21-23,25-27,33-38,44,48,56,60,73-75,80H,5-9,11-13,15-20,24,28-32,39-43,45-47,49-55,57-59,61-72H2,1-4H3,(H,85,86)(H,87,88)/b14-10-,25-21-,26-22-,27-23-,36-33-,37-34-,38-35-,48-44-,60-56-. The van der Waals surface area contributed by atoms with Gasteiger partial charge in [0.05, 0.1) is 32.8 Å². The number of aliphatic hydroxyl groups excluding tert-OH is 1. The Morgan fingerprint density at radius 3 is 0.929 bits per heavy atom. The van der Waals surface area contributed by atoms with E-state index in [-0.39, 0.29) is 25.7 Å². The summed E-state index contributed by atoms with van der Waals surface area (Å²) in [5, 5.41) is 10.6. The SMILES string of the molecule is CC/C=C\C/C=C\C/C=C\C/C=C\C/C=C\CC(=O)OCC(COP(=O)(O)OCC(O)COP(=O)(O)OCC(COC(=O)CCCCCCC/C=C\C/C=C\CCCCC)OC(=O)CCCCCCCCCCCCCCC)OC(=O)CCCCCCC/C=C\C/C=C\CCCCC. The third-order valence-corrected chi connectivity index (χ3v) is 17.7. The van der Waals surface area contributed by atoms with Crippen LogP contribution in [0.5, 0.6) is 0 Å². The molecule has 0 aromatic carbocycles. The second kappa shape index (κ2) is 71.1. The Balaban J connectivity index is 5.43. The fraction of sp³-hybridized carbons (Fsp3) is 0.722. The zero-order chi connectivity index (χ0) is 71.8. The van der Waals surface area contributed by atoms with Gasteiger partial charge in [-0.05, 0) is 116 Å². The van der Waals surface area contributed by atoms with Crippen molar-refractivity contribution in [3.63, 3.8) is 0 Å². The summed E-state index contributed by atoms with van der Waals surface area (Å²) in [6, 6.07) is 0. The van der Waals surface area contributed by atoms with E-state index in [1.165, 1.54) is 89.9 Å². The number of carbonyl (C=O) groups excluding carboxylic acids is 4. The molecule has 0 aliphatic heterocycles. The number of carbonyl (C=O) groups is 4. The maximum Gasteiger partial charge on any atom is 0.472 e. The molecule has 0 saturated heterocycles. The first-order chi connectivity index (χ1) is 47.7. The summed E-state index contributed by atoms with van der Waals surface area (Å²) in [6.45, 7) is 4.57. The molecule has 0 bridgehead atoms. The minimum atomic E-state index is -5.00. The van der Waals surface area contributed by atoms with Crippen molar-refractivity contribution in [2.24, 2.45) is 0 Å². The van der Waals surface area contributed by atoms with Crippen LogP contribution in [0, 0.1) is 0 Å². The predicted molar refractivity (Wildman–Crippen MR) is 399 cm³/mol. The number of esters is 4. The highest BCUT2D eigenvalue weighted by Gasteiger charge is 2.30. The molecular weight excluding hydrogens is 1280 g/mol. The second-order valence-electron chi connectivity index (χ2n) is 25.2. The molecule has 0 aromatic rings. The summed E-state index contributed by atoms with van der Waals surface area (Å²) in [7, 11) is -9.98. The summed E-state index contributed by atoms with van der Waals surface area (Å²) in [5.74, 6) is -2.34. The molecule has 0 radical (unpaired) electrons. The summed E-state index contributed by atoms with van der Waals surface area (Å²) < 4.78 is 68.3. The molecule has 0 fully saturated rings. The van der Waals surface area contributed by atoms with Crippen molar-refractivity contribution < 1.29 is 80.2 Å². The molecule has 17 nitrogen and oxygen atoms in total. The number of phosphoric acid groups is 2. The van der Waals surface area contributed by atoms with Crippen LogP contribution in [0.15, 0.2) is 109 Å². The third-order valence-electron chi connectivity index (χ3n) is 15.8. The molecule has 0 amide bonds. The average Bonchev–Trinajstić information content (AvgIpc) is 1.04. The van der Waals surface area contributed by atoms with Gasteiger partial charge in [0.15, 0.2) is 12.2 Å². The van der Waals surface area contributed by atoms with Gasteiger partial charge < -0.3 is 33.8 Å². The van der Waals surface area contributed by atoms with Gasteiger partial charge in [-0.25, -0.2) is 9.13 Å². The third kappa shape index (κ3) is 70.2. The van der Waals surface area contributed by atoms with Crippen LogP contribution in [0.25, 0.3) is 0 Å². The molecule has 0 spiro atoms. The highest BCUT2D eigenvalue weighted by molar-refractivity contribution is 7.47. The number of aliphatic hydroxyl groups is 1. The topological polar surface area (TPSA) is 237 Å². The Labute approximate surface area is 594 Å². The number of hydrogen-bond donors (Lipinski definition) is 3. The Morgan fingerprint density at radius 2 is 0.571 bits per heavy atom. The smallest absolute Gasteiger partial charge is 0.462 e. The average molecular weight is 1420 g/mol. The van der Waals surface area contributed by atoms with Gasteiger partial charge in [-0.15, -0.1) is 0 Å². The van der Waals surface area contributed by atoms with Crippen LogP contribution in [-0.4, -0.2) is 96.7 Å². The lowest BCUT2D eigenvalue weighted by Gasteiger charge is -2.21.